The highest BCUT2D eigenvalue weighted by molar-refractivity contribution is 5.72. The van der Waals surface area contributed by atoms with E-state index in [9.17, 15) is 9.59 Å². The molecule has 0 aromatic rings. The van der Waals surface area contributed by atoms with Gasteiger partial charge in [-0.2, -0.15) is 0 Å². The number of rotatable bonds is 2. The lowest BCUT2D eigenvalue weighted by atomic mass is 9.66. The normalized spacial score (nSPS) is 27.6. The van der Waals surface area contributed by atoms with E-state index in [1.54, 1.807) is 4.90 Å². The van der Waals surface area contributed by atoms with E-state index in [1.807, 2.05) is 41.5 Å². The minimum Gasteiger partial charge on any atom is -0.460 e. The predicted molar refractivity (Wildman–Crippen MR) is 92.7 cm³/mol. The van der Waals surface area contributed by atoms with Gasteiger partial charge in [-0.3, -0.25) is 4.79 Å². The highest BCUT2D eigenvalue weighted by Gasteiger charge is 2.51. The maximum absolute atomic E-state index is 12.4. The number of nitrogens with zero attached hydrogens (tertiary/aromatic N) is 1. The summed E-state index contributed by atoms with van der Waals surface area (Å²) < 4.78 is 11.1. The first kappa shape index (κ1) is 19.1. The summed E-state index contributed by atoms with van der Waals surface area (Å²) in [6, 6.07) is 0. The number of carbonyl (C=O) groups is 2. The van der Waals surface area contributed by atoms with Gasteiger partial charge >= 0.3 is 12.1 Å². The van der Waals surface area contributed by atoms with Crippen LogP contribution >= 0.6 is 0 Å². The zero-order valence-corrected chi connectivity index (χ0v) is 16.1. The molecule has 1 heterocycles. The summed E-state index contributed by atoms with van der Waals surface area (Å²) in [6.07, 6.45) is 4.47. The second kappa shape index (κ2) is 6.57. The van der Waals surface area contributed by atoms with Crippen LogP contribution in [0.3, 0.4) is 0 Å². The van der Waals surface area contributed by atoms with Gasteiger partial charge in [0.1, 0.15) is 11.2 Å². The number of hydrogen-bond donors (Lipinski definition) is 0. The number of amides is 1. The third-order valence-corrected chi connectivity index (χ3v) is 4.86. The average molecular weight is 339 g/mol. The number of ether oxygens (including phenoxy) is 2. The molecule has 0 radical (unpaired) electrons. The lowest BCUT2D eigenvalue weighted by Crippen LogP contribution is -2.39. The standard InChI is InChI=1S/C19H33NO4/c1-17(2,3)23-15(21)11-19-10-8-7-9-14(19)12-20(13-19)16(22)24-18(4,5)6/h14H,7-13H2,1-6H3/t14-,19?/m1/s1. The van der Waals surface area contributed by atoms with Crippen LogP contribution < -0.4 is 0 Å². The zero-order valence-electron chi connectivity index (χ0n) is 16.1. The van der Waals surface area contributed by atoms with E-state index in [4.69, 9.17) is 9.47 Å². The van der Waals surface area contributed by atoms with Crippen molar-refractivity contribution in [1.29, 1.82) is 0 Å². The quantitative estimate of drug-likeness (QED) is 0.709. The Morgan fingerprint density at radius 2 is 1.67 bits per heavy atom. The van der Waals surface area contributed by atoms with Crippen molar-refractivity contribution in [3.63, 3.8) is 0 Å². The van der Waals surface area contributed by atoms with Gasteiger partial charge in [-0.15, -0.1) is 0 Å². The molecular formula is C19H33NO4. The number of hydrogen-bond acceptors (Lipinski definition) is 4. The molecule has 5 heteroatoms. The third kappa shape index (κ3) is 4.87. The van der Waals surface area contributed by atoms with Gasteiger partial charge in [-0.25, -0.2) is 4.79 Å². The van der Waals surface area contributed by atoms with Crippen LogP contribution in [0.1, 0.15) is 73.6 Å². The first-order chi connectivity index (χ1) is 10.9. The van der Waals surface area contributed by atoms with Crippen molar-refractivity contribution in [2.75, 3.05) is 13.1 Å². The molecule has 2 rings (SSSR count). The fourth-order valence-electron chi connectivity index (χ4n) is 4.00. The van der Waals surface area contributed by atoms with Gasteiger partial charge in [0, 0.05) is 18.5 Å². The summed E-state index contributed by atoms with van der Waals surface area (Å²) in [5.41, 5.74) is -1.11. The number of esters is 1. The molecule has 1 saturated heterocycles. The Hall–Kier alpha value is -1.26. The average Bonchev–Trinajstić information content (AvgIpc) is 2.73. The summed E-state index contributed by atoms with van der Waals surface area (Å²) in [6.45, 7) is 12.6. The Bertz CT molecular complexity index is 489. The van der Waals surface area contributed by atoms with Crippen LogP contribution in [0.5, 0.6) is 0 Å². The first-order valence-electron chi connectivity index (χ1n) is 9.10. The number of carbonyl (C=O) groups excluding carboxylic acids is 2. The van der Waals surface area contributed by atoms with Crippen LogP contribution in [0, 0.1) is 11.3 Å². The summed E-state index contributed by atoms with van der Waals surface area (Å²) >= 11 is 0. The van der Waals surface area contributed by atoms with Crippen molar-refractivity contribution in [2.45, 2.75) is 84.8 Å². The Morgan fingerprint density at radius 3 is 2.25 bits per heavy atom. The topological polar surface area (TPSA) is 55.8 Å². The Balaban J connectivity index is 2.08. The largest absolute Gasteiger partial charge is 0.460 e. The van der Waals surface area contributed by atoms with Crippen molar-refractivity contribution >= 4 is 12.1 Å². The molecule has 2 aliphatic rings. The molecule has 5 nitrogen and oxygen atoms in total. The fraction of sp³-hybridized carbons (Fsp3) is 0.895. The van der Waals surface area contributed by atoms with E-state index in [0.717, 1.165) is 19.3 Å². The molecule has 0 spiro atoms. The summed E-state index contributed by atoms with van der Waals surface area (Å²) in [5.74, 6) is 0.215. The molecule has 1 unspecified atom stereocenters. The van der Waals surface area contributed by atoms with Crippen LogP contribution in [0.4, 0.5) is 4.79 Å². The highest BCUT2D eigenvalue weighted by atomic mass is 16.6. The first-order valence-corrected chi connectivity index (χ1v) is 9.10. The molecule has 1 aliphatic heterocycles. The second-order valence-corrected chi connectivity index (χ2v) is 9.43. The van der Waals surface area contributed by atoms with E-state index >= 15 is 0 Å². The molecular weight excluding hydrogens is 306 g/mol. The summed E-state index contributed by atoms with van der Waals surface area (Å²) in [7, 11) is 0. The minimum atomic E-state index is -0.497. The van der Waals surface area contributed by atoms with E-state index < -0.39 is 11.2 Å². The Morgan fingerprint density at radius 1 is 1.04 bits per heavy atom. The highest BCUT2D eigenvalue weighted by Crippen LogP contribution is 2.49. The van der Waals surface area contributed by atoms with Gasteiger partial charge in [0.15, 0.2) is 0 Å². The van der Waals surface area contributed by atoms with Crippen LogP contribution in [-0.4, -0.2) is 41.3 Å². The maximum atomic E-state index is 12.4. The monoisotopic (exact) mass is 339 g/mol. The van der Waals surface area contributed by atoms with Gasteiger partial charge in [-0.05, 0) is 60.3 Å². The summed E-state index contributed by atoms with van der Waals surface area (Å²) in [5, 5.41) is 0. The van der Waals surface area contributed by atoms with Gasteiger partial charge < -0.3 is 14.4 Å². The van der Waals surface area contributed by atoms with Crippen LogP contribution in [0.15, 0.2) is 0 Å². The molecule has 0 aromatic carbocycles. The van der Waals surface area contributed by atoms with Gasteiger partial charge in [0.25, 0.3) is 0 Å². The smallest absolute Gasteiger partial charge is 0.410 e. The predicted octanol–water partition coefficient (Wildman–Crippen LogP) is 4.15. The second-order valence-electron chi connectivity index (χ2n) is 9.43. The van der Waals surface area contributed by atoms with Crippen LogP contribution in [0.25, 0.3) is 0 Å². The van der Waals surface area contributed by atoms with Crippen molar-refractivity contribution in [3.8, 4) is 0 Å². The zero-order chi connectivity index (χ0) is 18.2. The third-order valence-electron chi connectivity index (χ3n) is 4.86. The van der Waals surface area contributed by atoms with Gasteiger partial charge in [-0.1, -0.05) is 12.8 Å². The lowest BCUT2D eigenvalue weighted by Gasteiger charge is -2.38. The van der Waals surface area contributed by atoms with Gasteiger partial charge in [0.05, 0.1) is 6.42 Å². The Labute approximate surface area is 146 Å². The molecule has 1 saturated carbocycles. The maximum Gasteiger partial charge on any atom is 0.410 e. The van der Waals surface area contributed by atoms with Crippen LogP contribution in [-0.2, 0) is 14.3 Å². The lowest BCUT2D eigenvalue weighted by molar-refractivity contribution is -0.158. The van der Waals surface area contributed by atoms with Crippen molar-refractivity contribution in [2.24, 2.45) is 11.3 Å². The molecule has 0 N–H and O–H groups in total. The van der Waals surface area contributed by atoms with E-state index in [0.29, 0.717) is 25.4 Å². The molecule has 138 valence electrons. The molecule has 2 fully saturated rings. The van der Waals surface area contributed by atoms with E-state index in [2.05, 4.69) is 0 Å². The van der Waals surface area contributed by atoms with E-state index in [-0.39, 0.29) is 17.5 Å². The molecule has 1 aliphatic carbocycles. The van der Waals surface area contributed by atoms with Crippen molar-refractivity contribution in [1.82, 2.24) is 4.90 Å². The van der Waals surface area contributed by atoms with Crippen molar-refractivity contribution < 1.29 is 19.1 Å². The van der Waals surface area contributed by atoms with Gasteiger partial charge in [0.2, 0.25) is 0 Å². The number of likely N-dealkylation sites (tertiary alicyclic amines) is 1. The van der Waals surface area contributed by atoms with E-state index in [1.165, 1.54) is 6.42 Å². The SMILES string of the molecule is CC(C)(C)OC(=O)CC12CCCC[C@@H]1CN(C(=O)OC(C)(C)C)C2. The molecule has 2 atom stereocenters. The number of fused-ring (bicyclic) bond motifs is 1. The molecule has 0 aromatic heterocycles. The fourth-order valence-corrected chi connectivity index (χ4v) is 4.00. The molecule has 24 heavy (non-hydrogen) atoms. The molecule has 1 amide bonds. The molecule has 0 bridgehead atoms. The minimum absolute atomic E-state index is 0.141. The van der Waals surface area contributed by atoms with Crippen molar-refractivity contribution in [3.05, 3.63) is 0 Å². The van der Waals surface area contributed by atoms with Crippen LogP contribution in [0.2, 0.25) is 0 Å². The summed E-state index contributed by atoms with van der Waals surface area (Å²) in [4.78, 5) is 26.7. The Kier molecular flexibility index (Phi) is 5.22.